The van der Waals surface area contributed by atoms with Crippen LogP contribution < -0.4 is 5.19 Å². The van der Waals surface area contributed by atoms with Crippen molar-refractivity contribution >= 4 is 13.5 Å². The third kappa shape index (κ3) is 2.46. The zero-order valence-corrected chi connectivity index (χ0v) is 13.6. The van der Waals surface area contributed by atoms with Gasteiger partial charge < -0.3 is 13.9 Å². The smallest absolute Gasteiger partial charge is 0.229 e. The maximum absolute atomic E-state index is 6.80. The lowest BCUT2D eigenvalue weighted by Gasteiger charge is -2.49. The highest BCUT2D eigenvalue weighted by molar-refractivity contribution is 6.87. The van der Waals surface area contributed by atoms with Crippen molar-refractivity contribution < 1.29 is 13.9 Å². The van der Waals surface area contributed by atoms with Crippen LogP contribution >= 0.6 is 0 Å². The highest BCUT2D eigenvalue weighted by atomic mass is 28.4. The maximum atomic E-state index is 6.80. The predicted octanol–water partition coefficient (Wildman–Crippen LogP) is 2.31. The Kier molecular flexibility index (Phi) is 3.75. The Labute approximate surface area is 122 Å². The van der Waals surface area contributed by atoms with Crippen LogP contribution in [0.15, 0.2) is 30.3 Å². The quantitative estimate of drug-likeness (QED) is 0.780. The Morgan fingerprint density at radius 3 is 2.10 bits per heavy atom. The number of hydrogen-bond donors (Lipinski definition) is 0. The van der Waals surface area contributed by atoms with Crippen molar-refractivity contribution in [2.24, 2.45) is 5.92 Å². The van der Waals surface area contributed by atoms with Crippen LogP contribution in [0.3, 0.4) is 0 Å². The minimum atomic E-state index is -2.00. The van der Waals surface area contributed by atoms with Gasteiger partial charge >= 0.3 is 0 Å². The Balaban J connectivity index is 1.86. The molecule has 4 heteroatoms. The van der Waals surface area contributed by atoms with Crippen LogP contribution in [0.1, 0.15) is 13.8 Å². The van der Waals surface area contributed by atoms with Gasteiger partial charge in [0, 0.05) is 11.5 Å². The van der Waals surface area contributed by atoms with Crippen molar-refractivity contribution in [1.29, 1.82) is 0 Å². The van der Waals surface area contributed by atoms with E-state index in [4.69, 9.17) is 13.9 Å². The van der Waals surface area contributed by atoms with Crippen LogP contribution in [0.4, 0.5) is 0 Å². The summed E-state index contributed by atoms with van der Waals surface area (Å²) in [5, 5.41) is 1.38. The van der Waals surface area contributed by atoms with Gasteiger partial charge in [-0.1, -0.05) is 30.3 Å². The van der Waals surface area contributed by atoms with E-state index in [1.54, 1.807) is 0 Å². The summed E-state index contributed by atoms with van der Waals surface area (Å²) in [7, 11) is -2.00. The monoisotopic (exact) mass is 292 g/mol. The van der Waals surface area contributed by atoms with E-state index < -0.39 is 8.32 Å². The molecule has 2 aliphatic rings. The molecular weight excluding hydrogens is 268 g/mol. The minimum Gasteiger partial charge on any atom is -0.407 e. The molecule has 2 saturated heterocycles. The number of ether oxygens (including phenoxy) is 2. The van der Waals surface area contributed by atoms with Crippen LogP contribution in [0.5, 0.6) is 0 Å². The second-order valence-corrected chi connectivity index (χ2v) is 10.5. The number of hydrogen-bond acceptors (Lipinski definition) is 3. The van der Waals surface area contributed by atoms with E-state index in [2.05, 4.69) is 50.7 Å². The van der Waals surface area contributed by atoms with E-state index in [0.29, 0.717) is 11.5 Å². The summed E-state index contributed by atoms with van der Waals surface area (Å²) in [5.41, 5.74) is 0.440. The minimum absolute atomic E-state index is 0.120. The Hall–Kier alpha value is -0.683. The second-order valence-electron chi connectivity index (χ2n) is 6.65. The number of rotatable bonds is 5. The van der Waals surface area contributed by atoms with Gasteiger partial charge in [-0.25, -0.2) is 0 Å². The summed E-state index contributed by atoms with van der Waals surface area (Å²) in [4.78, 5) is 0. The molecule has 0 aromatic heterocycles. The summed E-state index contributed by atoms with van der Waals surface area (Å²) < 4.78 is 17.6. The first kappa shape index (κ1) is 14.3. The van der Waals surface area contributed by atoms with Crippen molar-refractivity contribution in [3.8, 4) is 0 Å². The van der Waals surface area contributed by atoms with Crippen LogP contribution in [-0.4, -0.2) is 40.3 Å². The molecule has 0 radical (unpaired) electrons. The molecule has 2 heterocycles. The third-order valence-electron chi connectivity index (χ3n) is 4.86. The molecule has 2 aliphatic heterocycles. The predicted molar refractivity (Wildman–Crippen MR) is 81.7 cm³/mol. The Morgan fingerprint density at radius 1 is 1.05 bits per heavy atom. The Morgan fingerprint density at radius 2 is 1.65 bits per heavy atom. The lowest BCUT2D eigenvalue weighted by Crippen LogP contribution is -2.63. The van der Waals surface area contributed by atoms with Gasteiger partial charge in [-0.2, -0.15) is 0 Å². The molecule has 3 rings (SSSR count). The first-order valence-corrected chi connectivity index (χ1v) is 9.92. The molecule has 1 aromatic rings. The molecular formula is C16H24O3Si. The highest BCUT2D eigenvalue weighted by Gasteiger charge is 2.50. The van der Waals surface area contributed by atoms with E-state index in [0.717, 1.165) is 26.4 Å². The average Bonchev–Trinajstić information content (AvgIpc) is 2.23. The van der Waals surface area contributed by atoms with Crippen molar-refractivity contribution in [2.75, 3.05) is 26.4 Å². The standard InChI is InChI=1S/C16H24O3Si/c1-16(2,13-9-17-10-13)19-20(3,15-11-18-12-15)14-7-5-4-6-8-14/h4-8,13,15H,9-12H2,1-3H3. The van der Waals surface area contributed by atoms with Gasteiger partial charge in [-0.05, 0) is 25.6 Å². The van der Waals surface area contributed by atoms with Gasteiger partial charge in [0.05, 0.1) is 32.0 Å². The molecule has 1 atom stereocenters. The van der Waals surface area contributed by atoms with Crippen molar-refractivity contribution in [3.63, 3.8) is 0 Å². The molecule has 0 aliphatic carbocycles. The van der Waals surface area contributed by atoms with E-state index >= 15 is 0 Å². The van der Waals surface area contributed by atoms with Crippen molar-refractivity contribution in [1.82, 2.24) is 0 Å². The van der Waals surface area contributed by atoms with Crippen LogP contribution in [0.25, 0.3) is 0 Å². The zero-order chi connectivity index (χ0) is 14.2. The molecule has 0 saturated carbocycles. The lowest BCUT2D eigenvalue weighted by atomic mass is 9.90. The molecule has 1 aromatic carbocycles. The van der Waals surface area contributed by atoms with Gasteiger partial charge in [-0.15, -0.1) is 0 Å². The fourth-order valence-corrected chi connectivity index (χ4v) is 6.71. The van der Waals surface area contributed by atoms with E-state index in [-0.39, 0.29) is 5.60 Å². The van der Waals surface area contributed by atoms with Crippen LogP contribution in [0, 0.1) is 5.92 Å². The topological polar surface area (TPSA) is 27.7 Å². The van der Waals surface area contributed by atoms with Crippen molar-refractivity contribution in [3.05, 3.63) is 30.3 Å². The van der Waals surface area contributed by atoms with Crippen LogP contribution in [-0.2, 0) is 13.9 Å². The number of benzene rings is 1. The molecule has 0 spiro atoms. The molecule has 0 amide bonds. The summed E-state index contributed by atoms with van der Waals surface area (Å²) >= 11 is 0. The zero-order valence-electron chi connectivity index (χ0n) is 12.6. The SMILES string of the molecule is CC(C)(O[Si](C)(c1ccccc1)C1COC1)C1COC1. The summed E-state index contributed by atoms with van der Waals surface area (Å²) in [5.74, 6) is 0.513. The average molecular weight is 292 g/mol. The summed E-state index contributed by atoms with van der Waals surface area (Å²) in [6.07, 6.45) is 0. The summed E-state index contributed by atoms with van der Waals surface area (Å²) in [6.45, 7) is 10.1. The van der Waals surface area contributed by atoms with Crippen LogP contribution in [0.2, 0.25) is 12.1 Å². The maximum Gasteiger partial charge on any atom is 0.229 e. The lowest BCUT2D eigenvalue weighted by molar-refractivity contribution is -0.124. The highest BCUT2D eigenvalue weighted by Crippen LogP contribution is 2.37. The van der Waals surface area contributed by atoms with E-state index in [9.17, 15) is 0 Å². The second kappa shape index (κ2) is 5.26. The molecule has 0 bridgehead atoms. The van der Waals surface area contributed by atoms with Gasteiger partial charge in [0.25, 0.3) is 0 Å². The van der Waals surface area contributed by atoms with Gasteiger partial charge in [-0.3, -0.25) is 0 Å². The summed E-state index contributed by atoms with van der Waals surface area (Å²) in [6, 6.07) is 10.7. The molecule has 3 nitrogen and oxygen atoms in total. The fourth-order valence-electron chi connectivity index (χ4n) is 2.97. The largest absolute Gasteiger partial charge is 0.407 e. The van der Waals surface area contributed by atoms with Crippen molar-refractivity contribution in [2.45, 2.75) is 31.5 Å². The molecule has 2 fully saturated rings. The molecule has 1 unspecified atom stereocenters. The van der Waals surface area contributed by atoms with E-state index in [1.165, 1.54) is 5.19 Å². The Bertz CT molecular complexity index is 454. The molecule has 110 valence electrons. The third-order valence-corrected chi connectivity index (χ3v) is 9.18. The van der Waals surface area contributed by atoms with Gasteiger partial charge in [0.15, 0.2) is 0 Å². The van der Waals surface area contributed by atoms with Gasteiger partial charge in [0.2, 0.25) is 8.32 Å². The first-order valence-electron chi connectivity index (χ1n) is 7.43. The van der Waals surface area contributed by atoms with E-state index in [1.807, 2.05) is 0 Å². The molecule has 0 N–H and O–H groups in total. The normalized spacial score (nSPS) is 23.8. The van der Waals surface area contributed by atoms with Gasteiger partial charge in [0.1, 0.15) is 0 Å². The first-order chi connectivity index (χ1) is 9.52. The molecule has 20 heavy (non-hydrogen) atoms. The fraction of sp³-hybridized carbons (Fsp3) is 0.625.